The van der Waals surface area contributed by atoms with Crippen LogP contribution in [-0.2, 0) is 0 Å². The van der Waals surface area contributed by atoms with Gasteiger partial charge < -0.3 is 5.32 Å². The third kappa shape index (κ3) is 4.23. The summed E-state index contributed by atoms with van der Waals surface area (Å²) in [5.74, 6) is 0. The molecule has 1 rings (SSSR count). The van der Waals surface area contributed by atoms with Gasteiger partial charge >= 0.3 is 0 Å². The number of unbranched alkanes of at least 4 members (excludes halogenated alkanes) is 1. The normalized spacial score (nSPS) is 12.2. The average Bonchev–Trinajstić information content (AvgIpc) is 2.28. The Kier molecular flexibility index (Phi) is 5.22. The van der Waals surface area contributed by atoms with E-state index in [4.69, 9.17) is 11.6 Å². The first-order valence-electron chi connectivity index (χ1n) is 5.75. The fraction of sp³-hybridized carbons (Fsp3) is 0.500. The zero-order valence-corrected chi connectivity index (χ0v) is 10.8. The van der Waals surface area contributed by atoms with Crippen molar-refractivity contribution in [3.8, 4) is 0 Å². The third-order valence-electron chi connectivity index (χ3n) is 2.56. The molecule has 5 heteroatoms. The fourth-order valence-electron chi connectivity index (χ4n) is 1.58. The van der Waals surface area contributed by atoms with Crippen LogP contribution in [0.2, 0.25) is 5.02 Å². The van der Waals surface area contributed by atoms with Gasteiger partial charge in [-0.3, -0.25) is 10.1 Å². The van der Waals surface area contributed by atoms with Crippen LogP contribution in [0.15, 0.2) is 18.2 Å². The van der Waals surface area contributed by atoms with Gasteiger partial charge in [-0.05, 0) is 19.4 Å². The maximum Gasteiger partial charge on any atom is 0.271 e. The molecule has 0 amide bonds. The first-order valence-corrected chi connectivity index (χ1v) is 6.13. The number of anilines is 1. The van der Waals surface area contributed by atoms with Crippen molar-refractivity contribution in [1.82, 2.24) is 0 Å². The van der Waals surface area contributed by atoms with E-state index in [-0.39, 0.29) is 5.69 Å². The summed E-state index contributed by atoms with van der Waals surface area (Å²) >= 11 is 5.98. The number of nitrogens with one attached hydrogen (secondary N) is 1. The topological polar surface area (TPSA) is 55.2 Å². The molecule has 0 saturated carbocycles. The van der Waals surface area contributed by atoms with Gasteiger partial charge in [0.05, 0.1) is 15.6 Å². The SMILES string of the molecule is CCCCC(C)Nc1ccc([N+](=O)[O-])cc1Cl. The lowest BCUT2D eigenvalue weighted by molar-refractivity contribution is -0.384. The molecular formula is C12H17ClN2O2. The maximum atomic E-state index is 10.6. The Bertz CT molecular complexity index is 396. The Hall–Kier alpha value is -1.29. The molecule has 4 nitrogen and oxygen atoms in total. The molecule has 0 aromatic heterocycles. The number of non-ortho nitro benzene ring substituents is 1. The van der Waals surface area contributed by atoms with Crippen LogP contribution in [0.25, 0.3) is 0 Å². The summed E-state index contributed by atoms with van der Waals surface area (Å²) < 4.78 is 0. The van der Waals surface area contributed by atoms with Gasteiger partial charge in [-0.2, -0.15) is 0 Å². The lowest BCUT2D eigenvalue weighted by Gasteiger charge is -2.15. The molecule has 1 aromatic rings. The van der Waals surface area contributed by atoms with Crippen LogP contribution >= 0.6 is 11.6 Å². The van der Waals surface area contributed by atoms with Gasteiger partial charge in [0.1, 0.15) is 0 Å². The molecular weight excluding hydrogens is 240 g/mol. The average molecular weight is 257 g/mol. The van der Waals surface area contributed by atoms with Crippen LogP contribution in [0.3, 0.4) is 0 Å². The van der Waals surface area contributed by atoms with Crippen molar-refractivity contribution in [1.29, 1.82) is 0 Å². The highest BCUT2D eigenvalue weighted by Crippen LogP contribution is 2.27. The van der Waals surface area contributed by atoms with E-state index in [9.17, 15) is 10.1 Å². The minimum atomic E-state index is -0.448. The quantitative estimate of drug-likeness (QED) is 0.612. The zero-order chi connectivity index (χ0) is 12.8. The van der Waals surface area contributed by atoms with Crippen LogP contribution in [0.1, 0.15) is 33.1 Å². The standard InChI is InChI=1S/C12H17ClN2O2/c1-3-4-5-9(2)14-12-7-6-10(15(16)17)8-11(12)13/h6-9,14H,3-5H2,1-2H3. The van der Waals surface area contributed by atoms with Gasteiger partial charge in [0.25, 0.3) is 5.69 Å². The predicted octanol–water partition coefficient (Wildman–Crippen LogP) is 4.24. The van der Waals surface area contributed by atoms with Crippen LogP contribution in [0.5, 0.6) is 0 Å². The number of nitro benzene ring substituents is 1. The maximum absolute atomic E-state index is 10.6. The first kappa shape index (κ1) is 13.8. The molecule has 0 aliphatic rings. The highest BCUT2D eigenvalue weighted by atomic mass is 35.5. The molecule has 17 heavy (non-hydrogen) atoms. The molecule has 1 N–H and O–H groups in total. The highest BCUT2D eigenvalue weighted by molar-refractivity contribution is 6.33. The minimum absolute atomic E-state index is 0.0155. The van der Waals surface area contributed by atoms with Gasteiger partial charge in [-0.25, -0.2) is 0 Å². The van der Waals surface area contributed by atoms with E-state index in [1.165, 1.54) is 12.1 Å². The zero-order valence-electron chi connectivity index (χ0n) is 10.1. The van der Waals surface area contributed by atoms with Crippen LogP contribution in [0.4, 0.5) is 11.4 Å². The first-order chi connectivity index (χ1) is 8.04. The second-order valence-corrected chi connectivity index (χ2v) is 4.52. The smallest absolute Gasteiger partial charge is 0.271 e. The fourth-order valence-corrected chi connectivity index (χ4v) is 1.81. The number of halogens is 1. The van der Waals surface area contributed by atoms with E-state index < -0.39 is 4.92 Å². The number of nitrogens with zero attached hydrogens (tertiary/aromatic N) is 1. The van der Waals surface area contributed by atoms with E-state index in [0.717, 1.165) is 24.9 Å². The van der Waals surface area contributed by atoms with E-state index in [0.29, 0.717) is 11.1 Å². The second-order valence-electron chi connectivity index (χ2n) is 4.11. The van der Waals surface area contributed by atoms with Crippen molar-refractivity contribution in [3.05, 3.63) is 33.3 Å². The van der Waals surface area contributed by atoms with Crippen LogP contribution in [-0.4, -0.2) is 11.0 Å². The summed E-state index contributed by atoms with van der Waals surface area (Å²) in [6.07, 6.45) is 3.36. The van der Waals surface area contributed by atoms with Gasteiger partial charge in [-0.15, -0.1) is 0 Å². The Morgan fingerprint density at radius 3 is 2.76 bits per heavy atom. The van der Waals surface area contributed by atoms with Crippen LogP contribution in [0, 0.1) is 10.1 Å². The summed E-state index contributed by atoms with van der Waals surface area (Å²) in [6.45, 7) is 4.22. The Morgan fingerprint density at radius 2 is 2.24 bits per heavy atom. The van der Waals surface area contributed by atoms with Gasteiger partial charge in [0, 0.05) is 18.2 Å². The number of hydrogen-bond acceptors (Lipinski definition) is 3. The molecule has 1 unspecified atom stereocenters. The molecule has 0 aliphatic heterocycles. The summed E-state index contributed by atoms with van der Waals surface area (Å²) in [5.41, 5.74) is 0.766. The summed E-state index contributed by atoms with van der Waals surface area (Å²) in [5, 5.41) is 14.2. The summed E-state index contributed by atoms with van der Waals surface area (Å²) in [4.78, 5) is 10.1. The molecule has 94 valence electrons. The van der Waals surface area contributed by atoms with E-state index >= 15 is 0 Å². The van der Waals surface area contributed by atoms with Gasteiger partial charge in [0.2, 0.25) is 0 Å². The van der Waals surface area contributed by atoms with Crippen molar-refractivity contribution in [2.75, 3.05) is 5.32 Å². The Balaban J connectivity index is 2.69. The molecule has 0 fully saturated rings. The lowest BCUT2D eigenvalue weighted by atomic mass is 10.1. The molecule has 0 radical (unpaired) electrons. The largest absolute Gasteiger partial charge is 0.381 e. The minimum Gasteiger partial charge on any atom is -0.381 e. The number of nitro groups is 1. The summed E-state index contributed by atoms with van der Waals surface area (Å²) in [6, 6.07) is 4.80. The van der Waals surface area contributed by atoms with Crippen LogP contribution < -0.4 is 5.32 Å². The molecule has 0 spiro atoms. The molecule has 0 aliphatic carbocycles. The van der Waals surface area contributed by atoms with Crippen molar-refractivity contribution >= 4 is 23.0 Å². The third-order valence-corrected chi connectivity index (χ3v) is 2.87. The molecule has 0 bridgehead atoms. The molecule has 1 aromatic carbocycles. The van der Waals surface area contributed by atoms with Crippen molar-refractivity contribution in [2.24, 2.45) is 0 Å². The number of benzene rings is 1. The summed E-state index contributed by atoms with van der Waals surface area (Å²) in [7, 11) is 0. The van der Waals surface area contributed by atoms with Gasteiger partial charge in [-0.1, -0.05) is 31.4 Å². The number of rotatable bonds is 6. The Morgan fingerprint density at radius 1 is 1.53 bits per heavy atom. The molecule has 0 saturated heterocycles. The monoisotopic (exact) mass is 256 g/mol. The molecule has 0 heterocycles. The molecule has 1 atom stereocenters. The van der Waals surface area contributed by atoms with Gasteiger partial charge in [0.15, 0.2) is 0 Å². The Labute approximate surface area is 106 Å². The van der Waals surface area contributed by atoms with E-state index in [2.05, 4.69) is 19.2 Å². The highest BCUT2D eigenvalue weighted by Gasteiger charge is 2.10. The number of hydrogen-bond donors (Lipinski definition) is 1. The van der Waals surface area contributed by atoms with Crippen molar-refractivity contribution in [2.45, 2.75) is 39.2 Å². The van der Waals surface area contributed by atoms with E-state index in [1.54, 1.807) is 6.07 Å². The predicted molar refractivity (Wildman–Crippen MR) is 70.7 cm³/mol. The van der Waals surface area contributed by atoms with E-state index in [1.807, 2.05) is 0 Å². The van der Waals surface area contributed by atoms with Crippen molar-refractivity contribution in [3.63, 3.8) is 0 Å². The lowest BCUT2D eigenvalue weighted by Crippen LogP contribution is -2.15. The van der Waals surface area contributed by atoms with Crippen molar-refractivity contribution < 1.29 is 4.92 Å². The second kappa shape index (κ2) is 6.45.